The van der Waals surface area contributed by atoms with E-state index in [4.69, 9.17) is 11.6 Å². The molecular formula is C14H10ClFN2OS. The van der Waals surface area contributed by atoms with Gasteiger partial charge in [-0.05, 0) is 18.2 Å². The Labute approximate surface area is 124 Å². The van der Waals surface area contributed by atoms with E-state index < -0.39 is 0 Å². The summed E-state index contributed by atoms with van der Waals surface area (Å²) < 4.78 is 14.5. The number of carbonyl (C=O) groups excluding carboxylic acids is 1. The molecule has 20 heavy (non-hydrogen) atoms. The van der Waals surface area contributed by atoms with Crippen LogP contribution < -0.4 is 4.90 Å². The first kappa shape index (κ1) is 13.3. The molecule has 0 unspecified atom stereocenters. The Morgan fingerprint density at radius 1 is 1.35 bits per heavy atom. The van der Waals surface area contributed by atoms with Gasteiger partial charge in [0, 0.05) is 18.2 Å². The molecule has 1 aromatic heterocycles. The molecule has 0 atom stereocenters. The van der Waals surface area contributed by atoms with E-state index in [1.807, 2.05) is 0 Å². The Morgan fingerprint density at radius 2 is 2.10 bits per heavy atom. The molecule has 3 rings (SSSR count). The monoisotopic (exact) mass is 308 g/mol. The maximum atomic E-state index is 14.0. The quantitative estimate of drug-likeness (QED) is 0.795. The van der Waals surface area contributed by atoms with Gasteiger partial charge in [0.15, 0.2) is 0 Å². The van der Waals surface area contributed by atoms with Gasteiger partial charge >= 0.3 is 0 Å². The molecule has 1 aliphatic rings. The fraction of sp³-hybridized carbons (Fsp3) is 0.143. The topological polar surface area (TPSA) is 32.7 Å². The normalized spacial score (nSPS) is 14.8. The van der Waals surface area contributed by atoms with Crippen LogP contribution >= 0.6 is 22.9 Å². The maximum absolute atomic E-state index is 14.0. The van der Waals surface area contributed by atoms with Gasteiger partial charge in [-0.25, -0.2) is 4.39 Å². The highest BCUT2D eigenvalue weighted by atomic mass is 35.5. The Morgan fingerprint density at radius 3 is 2.85 bits per heavy atom. The van der Waals surface area contributed by atoms with Crippen molar-refractivity contribution >= 4 is 39.6 Å². The maximum Gasteiger partial charge on any atom is 0.249 e. The zero-order valence-corrected chi connectivity index (χ0v) is 12.1. The average molecular weight is 309 g/mol. The summed E-state index contributed by atoms with van der Waals surface area (Å²) >= 11 is 7.33. The number of hydrogen-bond acceptors (Lipinski definition) is 3. The van der Waals surface area contributed by atoms with Crippen molar-refractivity contribution in [3.8, 4) is 0 Å². The van der Waals surface area contributed by atoms with E-state index in [0.717, 1.165) is 0 Å². The number of amides is 1. The van der Waals surface area contributed by atoms with E-state index in [1.54, 1.807) is 31.3 Å². The summed E-state index contributed by atoms with van der Waals surface area (Å²) in [7, 11) is 1.67. The second-order valence-corrected chi connectivity index (χ2v) is 6.03. The van der Waals surface area contributed by atoms with Crippen molar-refractivity contribution in [2.24, 2.45) is 4.99 Å². The summed E-state index contributed by atoms with van der Waals surface area (Å²) in [5.41, 5.74) is 1.55. The molecule has 0 spiro atoms. The third-order valence-electron chi connectivity index (χ3n) is 3.12. The first-order valence-corrected chi connectivity index (χ1v) is 7.13. The zero-order valence-electron chi connectivity index (χ0n) is 10.6. The second kappa shape index (κ2) is 5.00. The Balaban J connectivity index is 2.23. The summed E-state index contributed by atoms with van der Waals surface area (Å²) in [5, 5.41) is 0.694. The number of carbonyl (C=O) groups is 1. The summed E-state index contributed by atoms with van der Waals surface area (Å²) in [4.78, 5) is 17.7. The van der Waals surface area contributed by atoms with Gasteiger partial charge in [0.25, 0.3) is 0 Å². The highest BCUT2D eigenvalue weighted by molar-refractivity contribution is 7.20. The van der Waals surface area contributed by atoms with Crippen molar-refractivity contribution in [1.82, 2.24) is 0 Å². The lowest BCUT2D eigenvalue weighted by atomic mass is 10.0. The predicted molar refractivity (Wildman–Crippen MR) is 79.6 cm³/mol. The minimum absolute atomic E-state index is 0.000807. The minimum Gasteiger partial charge on any atom is -0.305 e. The number of fused-ring (bicyclic) bond motifs is 1. The number of thiophene rings is 1. The highest BCUT2D eigenvalue weighted by Crippen LogP contribution is 2.37. The van der Waals surface area contributed by atoms with Crippen LogP contribution in [0, 0.1) is 5.82 Å². The minimum atomic E-state index is -0.364. The number of hydrogen-bond donors (Lipinski definition) is 0. The number of halogens is 2. The largest absolute Gasteiger partial charge is 0.305 e. The van der Waals surface area contributed by atoms with Crippen LogP contribution in [0.15, 0.2) is 35.3 Å². The molecule has 0 radical (unpaired) electrons. The van der Waals surface area contributed by atoms with Crippen molar-refractivity contribution in [1.29, 1.82) is 0 Å². The van der Waals surface area contributed by atoms with E-state index in [0.29, 0.717) is 26.2 Å². The molecular weight excluding hydrogens is 299 g/mol. The van der Waals surface area contributed by atoms with Crippen LogP contribution in [0.3, 0.4) is 0 Å². The molecule has 0 saturated heterocycles. The molecule has 6 heteroatoms. The smallest absolute Gasteiger partial charge is 0.249 e. The molecule has 102 valence electrons. The highest BCUT2D eigenvalue weighted by Gasteiger charge is 2.26. The van der Waals surface area contributed by atoms with Gasteiger partial charge in [-0.3, -0.25) is 9.79 Å². The third kappa shape index (κ3) is 2.13. The van der Waals surface area contributed by atoms with E-state index in [1.165, 1.54) is 22.3 Å². The second-order valence-electron chi connectivity index (χ2n) is 4.37. The lowest BCUT2D eigenvalue weighted by Crippen LogP contribution is -2.26. The van der Waals surface area contributed by atoms with Crippen molar-refractivity contribution in [2.45, 2.75) is 0 Å². The number of benzene rings is 1. The van der Waals surface area contributed by atoms with Crippen LogP contribution in [0.2, 0.25) is 4.34 Å². The fourth-order valence-electron chi connectivity index (χ4n) is 2.11. The van der Waals surface area contributed by atoms with E-state index in [-0.39, 0.29) is 18.3 Å². The van der Waals surface area contributed by atoms with Crippen molar-refractivity contribution in [2.75, 3.05) is 18.5 Å². The standard InChI is InChI=1S/C14H10ClFN2OS/c1-18-12(19)7-17-13(8-4-2-3-5-10(8)16)9-6-11(15)20-14(9)18/h2-6H,7H2,1H3. The third-order valence-corrected chi connectivity index (χ3v) is 4.46. The van der Waals surface area contributed by atoms with Gasteiger partial charge in [0.05, 0.1) is 10.0 Å². The van der Waals surface area contributed by atoms with Gasteiger partial charge in [-0.15, -0.1) is 11.3 Å². The molecule has 3 nitrogen and oxygen atoms in total. The van der Waals surface area contributed by atoms with Crippen LogP contribution in [0.5, 0.6) is 0 Å². The zero-order chi connectivity index (χ0) is 14.3. The number of rotatable bonds is 1. The fourth-order valence-corrected chi connectivity index (χ4v) is 3.30. The molecule has 1 aliphatic heterocycles. The summed E-state index contributed by atoms with van der Waals surface area (Å²) in [6.07, 6.45) is 0. The Hall–Kier alpha value is -1.72. The van der Waals surface area contributed by atoms with Crippen LogP contribution in [-0.4, -0.2) is 25.2 Å². The molecule has 0 fully saturated rings. The van der Waals surface area contributed by atoms with E-state index >= 15 is 0 Å². The average Bonchev–Trinajstić information content (AvgIpc) is 2.77. The van der Waals surface area contributed by atoms with E-state index in [2.05, 4.69) is 4.99 Å². The van der Waals surface area contributed by atoms with Crippen molar-refractivity contribution in [3.63, 3.8) is 0 Å². The first-order valence-electron chi connectivity index (χ1n) is 5.93. The molecule has 0 N–H and O–H groups in total. The number of anilines is 1. The van der Waals surface area contributed by atoms with Crippen LogP contribution in [-0.2, 0) is 4.79 Å². The van der Waals surface area contributed by atoms with Gasteiger partial charge < -0.3 is 4.90 Å². The summed E-state index contributed by atoms with van der Waals surface area (Å²) in [6.45, 7) is -0.000807. The van der Waals surface area contributed by atoms with Gasteiger partial charge in [0.1, 0.15) is 17.4 Å². The molecule has 1 aromatic carbocycles. The van der Waals surface area contributed by atoms with Crippen LogP contribution in [0.1, 0.15) is 11.1 Å². The number of aliphatic imine (C=N–C) groups is 1. The summed E-state index contributed by atoms with van der Waals surface area (Å²) in [5.74, 6) is -0.507. The van der Waals surface area contributed by atoms with Crippen molar-refractivity contribution in [3.05, 3.63) is 51.6 Å². The SMILES string of the molecule is CN1C(=O)CN=C(c2ccccc2F)c2cc(Cl)sc21. The predicted octanol–water partition coefficient (Wildman–Crippen LogP) is 3.35. The Kier molecular flexibility index (Phi) is 3.31. The molecule has 0 bridgehead atoms. The van der Waals surface area contributed by atoms with Gasteiger partial charge in [-0.2, -0.15) is 0 Å². The lowest BCUT2D eigenvalue weighted by Gasteiger charge is -2.13. The van der Waals surface area contributed by atoms with Crippen LogP contribution in [0.4, 0.5) is 9.39 Å². The first-order chi connectivity index (χ1) is 9.58. The van der Waals surface area contributed by atoms with Gasteiger partial charge in [0.2, 0.25) is 5.91 Å². The van der Waals surface area contributed by atoms with Crippen LogP contribution in [0.25, 0.3) is 0 Å². The lowest BCUT2D eigenvalue weighted by molar-refractivity contribution is -0.116. The molecule has 0 aliphatic carbocycles. The summed E-state index contributed by atoms with van der Waals surface area (Å²) in [6, 6.07) is 8.11. The molecule has 1 amide bonds. The molecule has 2 heterocycles. The number of likely N-dealkylation sites (N-methyl/N-ethyl adjacent to an activating group) is 1. The van der Waals surface area contributed by atoms with Gasteiger partial charge in [-0.1, -0.05) is 23.7 Å². The number of nitrogens with zero attached hydrogens (tertiary/aromatic N) is 2. The Bertz CT molecular complexity index is 726. The molecule has 0 saturated carbocycles. The molecule has 2 aromatic rings. The van der Waals surface area contributed by atoms with E-state index in [9.17, 15) is 9.18 Å². The van der Waals surface area contributed by atoms with Crippen molar-refractivity contribution < 1.29 is 9.18 Å².